The molecule has 19 heavy (non-hydrogen) atoms. The molecular formula is C13H20N2O4. The van der Waals surface area contributed by atoms with Gasteiger partial charge in [0.05, 0.1) is 26.0 Å². The van der Waals surface area contributed by atoms with Crippen LogP contribution in [0, 0.1) is 0 Å². The minimum Gasteiger partial charge on any atom is -0.466 e. The Bertz CT molecular complexity index is 389. The van der Waals surface area contributed by atoms with Gasteiger partial charge in [-0.2, -0.15) is 0 Å². The van der Waals surface area contributed by atoms with E-state index < -0.39 is 18.0 Å². The third-order valence-corrected chi connectivity index (χ3v) is 2.56. The molecule has 0 bridgehead atoms. The molecule has 0 amide bonds. The van der Waals surface area contributed by atoms with Crippen molar-refractivity contribution in [2.45, 2.75) is 39.2 Å². The molecule has 1 atom stereocenters. The van der Waals surface area contributed by atoms with Crippen molar-refractivity contribution in [1.29, 1.82) is 0 Å². The van der Waals surface area contributed by atoms with E-state index in [1.807, 2.05) is 6.92 Å². The zero-order valence-electron chi connectivity index (χ0n) is 11.4. The second-order valence-corrected chi connectivity index (χ2v) is 4.06. The molecule has 106 valence electrons. The van der Waals surface area contributed by atoms with Crippen molar-refractivity contribution in [1.82, 2.24) is 9.55 Å². The molecule has 0 aromatic carbocycles. The van der Waals surface area contributed by atoms with Crippen molar-refractivity contribution in [2.24, 2.45) is 0 Å². The van der Waals surface area contributed by atoms with Gasteiger partial charge in [-0.1, -0.05) is 13.3 Å². The van der Waals surface area contributed by atoms with Crippen LogP contribution in [0.1, 0.15) is 39.2 Å². The summed E-state index contributed by atoms with van der Waals surface area (Å²) in [6, 6.07) is -0.710. The summed E-state index contributed by atoms with van der Waals surface area (Å²) in [4.78, 5) is 27.4. The molecule has 1 heterocycles. The Morgan fingerprint density at radius 1 is 1.32 bits per heavy atom. The lowest BCUT2D eigenvalue weighted by Gasteiger charge is -2.16. The normalized spacial score (nSPS) is 11.9. The number of carbonyl (C=O) groups excluding carboxylic acids is 2. The number of ether oxygens (including phenoxy) is 2. The first-order valence-corrected chi connectivity index (χ1v) is 6.48. The third kappa shape index (κ3) is 5.11. The van der Waals surface area contributed by atoms with E-state index in [1.165, 1.54) is 6.33 Å². The standard InChI is InChI=1S/C13H20N2O4/c1-3-5-8-19-13(17)11(9-12(16)18-4-2)15-7-6-14-10-15/h6-7,10-11H,3-5,8-9H2,1-2H3. The molecule has 0 saturated carbocycles. The van der Waals surface area contributed by atoms with E-state index in [4.69, 9.17) is 9.47 Å². The number of aromatic nitrogens is 2. The predicted octanol–water partition coefficient (Wildman–Crippen LogP) is 1.72. The van der Waals surface area contributed by atoms with Gasteiger partial charge in [0.15, 0.2) is 0 Å². The highest BCUT2D eigenvalue weighted by molar-refractivity contribution is 5.81. The summed E-state index contributed by atoms with van der Waals surface area (Å²) in [5.74, 6) is -0.854. The van der Waals surface area contributed by atoms with E-state index in [0.717, 1.165) is 12.8 Å². The Kier molecular flexibility index (Phi) is 6.63. The van der Waals surface area contributed by atoms with E-state index in [1.54, 1.807) is 23.9 Å². The zero-order valence-corrected chi connectivity index (χ0v) is 11.4. The molecule has 0 spiro atoms. The first kappa shape index (κ1) is 15.2. The fourth-order valence-electron chi connectivity index (χ4n) is 1.56. The van der Waals surface area contributed by atoms with Gasteiger partial charge in [-0.15, -0.1) is 0 Å². The largest absolute Gasteiger partial charge is 0.466 e. The van der Waals surface area contributed by atoms with Gasteiger partial charge >= 0.3 is 11.9 Å². The molecule has 0 N–H and O–H groups in total. The Morgan fingerprint density at radius 3 is 2.68 bits per heavy atom. The molecule has 6 nitrogen and oxygen atoms in total. The number of nitrogens with zero attached hydrogens (tertiary/aromatic N) is 2. The monoisotopic (exact) mass is 268 g/mol. The molecule has 1 aromatic heterocycles. The molecule has 0 aliphatic rings. The lowest BCUT2D eigenvalue weighted by Crippen LogP contribution is -2.25. The molecular weight excluding hydrogens is 248 g/mol. The van der Waals surface area contributed by atoms with Crippen LogP contribution in [0.5, 0.6) is 0 Å². The quantitative estimate of drug-likeness (QED) is 0.530. The smallest absolute Gasteiger partial charge is 0.329 e. The van der Waals surface area contributed by atoms with Crippen LogP contribution in [0.3, 0.4) is 0 Å². The van der Waals surface area contributed by atoms with Gasteiger partial charge in [0.2, 0.25) is 0 Å². The van der Waals surface area contributed by atoms with Crippen molar-refractivity contribution in [2.75, 3.05) is 13.2 Å². The molecule has 0 aliphatic heterocycles. The van der Waals surface area contributed by atoms with Crippen molar-refractivity contribution in [3.8, 4) is 0 Å². The number of hydrogen-bond acceptors (Lipinski definition) is 5. The number of imidazole rings is 1. The SMILES string of the molecule is CCCCOC(=O)C(CC(=O)OCC)n1ccnc1. The van der Waals surface area contributed by atoms with Crippen LogP contribution in [-0.4, -0.2) is 34.7 Å². The maximum Gasteiger partial charge on any atom is 0.329 e. The average molecular weight is 268 g/mol. The minimum absolute atomic E-state index is 0.0465. The summed E-state index contributed by atoms with van der Waals surface area (Å²) >= 11 is 0. The molecule has 0 aliphatic carbocycles. The first-order chi connectivity index (χ1) is 9.19. The Labute approximate surface area is 112 Å². The fraction of sp³-hybridized carbons (Fsp3) is 0.615. The number of carbonyl (C=O) groups is 2. The summed E-state index contributed by atoms with van der Waals surface area (Å²) in [6.07, 6.45) is 6.38. The zero-order chi connectivity index (χ0) is 14.1. The molecule has 0 radical (unpaired) electrons. The highest BCUT2D eigenvalue weighted by Gasteiger charge is 2.25. The number of hydrogen-bond donors (Lipinski definition) is 0. The van der Waals surface area contributed by atoms with Gasteiger partial charge in [-0.25, -0.2) is 9.78 Å². The van der Waals surface area contributed by atoms with Gasteiger partial charge in [0.25, 0.3) is 0 Å². The second-order valence-electron chi connectivity index (χ2n) is 4.06. The molecule has 1 aromatic rings. The molecule has 1 rings (SSSR count). The second kappa shape index (κ2) is 8.29. The van der Waals surface area contributed by atoms with Gasteiger partial charge in [-0.05, 0) is 13.3 Å². The number of rotatable bonds is 8. The van der Waals surface area contributed by atoms with Crippen LogP contribution in [-0.2, 0) is 19.1 Å². The van der Waals surface area contributed by atoms with Gasteiger partial charge in [-0.3, -0.25) is 4.79 Å². The first-order valence-electron chi connectivity index (χ1n) is 6.48. The third-order valence-electron chi connectivity index (χ3n) is 2.56. The fourth-order valence-corrected chi connectivity index (χ4v) is 1.56. The maximum atomic E-state index is 12.0. The highest BCUT2D eigenvalue weighted by atomic mass is 16.5. The van der Waals surface area contributed by atoms with Crippen LogP contribution in [0.25, 0.3) is 0 Å². The van der Waals surface area contributed by atoms with Crippen LogP contribution in [0.4, 0.5) is 0 Å². The van der Waals surface area contributed by atoms with E-state index in [2.05, 4.69) is 4.98 Å². The lowest BCUT2D eigenvalue weighted by molar-refractivity contribution is -0.154. The Balaban J connectivity index is 2.64. The summed E-state index contributed by atoms with van der Waals surface area (Å²) in [5, 5.41) is 0. The number of esters is 2. The molecule has 6 heteroatoms. The van der Waals surface area contributed by atoms with Crippen LogP contribution < -0.4 is 0 Å². The Morgan fingerprint density at radius 2 is 2.11 bits per heavy atom. The Hall–Kier alpha value is -1.85. The van der Waals surface area contributed by atoms with E-state index in [9.17, 15) is 9.59 Å². The van der Waals surface area contributed by atoms with E-state index in [-0.39, 0.29) is 6.42 Å². The molecule has 0 saturated heterocycles. The summed E-state index contributed by atoms with van der Waals surface area (Å²) in [6.45, 7) is 4.40. The van der Waals surface area contributed by atoms with Crippen LogP contribution in [0.15, 0.2) is 18.7 Å². The predicted molar refractivity (Wildman–Crippen MR) is 68.4 cm³/mol. The lowest BCUT2D eigenvalue weighted by atomic mass is 10.2. The summed E-state index contributed by atoms with van der Waals surface area (Å²) in [7, 11) is 0. The topological polar surface area (TPSA) is 70.4 Å². The summed E-state index contributed by atoms with van der Waals surface area (Å²) in [5.41, 5.74) is 0. The highest BCUT2D eigenvalue weighted by Crippen LogP contribution is 2.14. The minimum atomic E-state index is -0.710. The van der Waals surface area contributed by atoms with Crippen molar-refractivity contribution < 1.29 is 19.1 Å². The van der Waals surface area contributed by atoms with Gasteiger partial charge < -0.3 is 14.0 Å². The average Bonchev–Trinajstić information content (AvgIpc) is 2.90. The molecule has 0 fully saturated rings. The van der Waals surface area contributed by atoms with Gasteiger partial charge in [0.1, 0.15) is 6.04 Å². The van der Waals surface area contributed by atoms with Gasteiger partial charge in [0, 0.05) is 12.4 Å². The van der Waals surface area contributed by atoms with Crippen molar-refractivity contribution >= 4 is 11.9 Å². The van der Waals surface area contributed by atoms with E-state index >= 15 is 0 Å². The summed E-state index contributed by atoms with van der Waals surface area (Å²) < 4.78 is 11.6. The van der Waals surface area contributed by atoms with Crippen LogP contribution >= 0.6 is 0 Å². The van der Waals surface area contributed by atoms with Crippen molar-refractivity contribution in [3.63, 3.8) is 0 Å². The van der Waals surface area contributed by atoms with Crippen LogP contribution in [0.2, 0.25) is 0 Å². The number of unbranched alkanes of at least 4 members (excludes halogenated alkanes) is 1. The van der Waals surface area contributed by atoms with E-state index in [0.29, 0.717) is 13.2 Å². The van der Waals surface area contributed by atoms with Crippen molar-refractivity contribution in [3.05, 3.63) is 18.7 Å². The maximum absolute atomic E-state index is 12.0. The molecule has 1 unspecified atom stereocenters.